The van der Waals surface area contributed by atoms with Gasteiger partial charge in [-0.15, -0.1) is 11.8 Å². The van der Waals surface area contributed by atoms with Gasteiger partial charge in [-0.25, -0.2) is 0 Å². The number of rotatable bonds is 12. The van der Waals surface area contributed by atoms with Crippen LogP contribution in [0.1, 0.15) is 39.0 Å². The van der Waals surface area contributed by atoms with Crippen LogP contribution < -0.4 is 20.1 Å². The van der Waals surface area contributed by atoms with Crippen molar-refractivity contribution in [3.8, 4) is 11.5 Å². The summed E-state index contributed by atoms with van der Waals surface area (Å²) in [5, 5.41) is 15.2. The standard InChI is InChI=1S/C30H37N3O6S/c1-3-39-22-13-9-19(10-14-22)31-27(35)24-23-15-16-30(40-23)25(24)29(37)33(17-5-4-6-18-34)26(30)28(36)32-20-7-11-21(38-2)12-8-20/h7-14,23-26,34H,3-6,15-18H2,1-2H3,(H,31,35)(H,32,36)/t23-,24+,25+,26?,30?/m1/s1. The molecule has 0 radical (unpaired) electrons. The van der Waals surface area contributed by atoms with Gasteiger partial charge in [0.1, 0.15) is 17.5 Å². The second-order valence-electron chi connectivity index (χ2n) is 10.5. The average Bonchev–Trinajstić information content (AvgIpc) is 3.60. The van der Waals surface area contributed by atoms with Crippen molar-refractivity contribution >= 4 is 40.9 Å². The topological polar surface area (TPSA) is 117 Å². The molecule has 3 heterocycles. The van der Waals surface area contributed by atoms with Crippen molar-refractivity contribution in [2.24, 2.45) is 11.8 Å². The Hall–Kier alpha value is -3.24. The number of aliphatic hydroxyl groups is 1. The second-order valence-corrected chi connectivity index (χ2v) is 12.1. The van der Waals surface area contributed by atoms with Crippen molar-refractivity contribution in [1.82, 2.24) is 4.90 Å². The Labute approximate surface area is 239 Å². The molecule has 9 nitrogen and oxygen atoms in total. The summed E-state index contributed by atoms with van der Waals surface area (Å²) in [6, 6.07) is 13.7. The fourth-order valence-electron chi connectivity index (χ4n) is 6.48. The number of thioether (sulfide) groups is 1. The van der Waals surface area contributed by atoms with Crippen LogP contribution in [-0.4, -0.2) is 70.6 Å². The summed E-state index contributed by atoms with van der Waals surface area (Å²) < 4.78 is 10.1. The third kappa shape index (κ3) is 5.26. The Kier molecular flexibility index (Phi) is 8.56. The molecule has 2 unspecified atom stereocenters. The van der Waals surface area contributed by atoms with Gasteiger partial charge in [0.25, 0.3) is 0 Å². The predicted octanol–water partition coefficient (Wildman–Crippen LogP) is 3.92. The maximum atomic E-state index is 14.0. The smallest absolute Gasteiger partial charge is 0.248 e. The second kappa shape index (κ2) is 12.1. The van der Waals surface area contributed by atoms with Gasteiger partial charge in [0.05, 0.1) is 30.3 Å². The largest absolute Gasteiger partial charge is 0.497 e. The number of hydrogen-bond acceptors (Lipinski definition) is 7. The summed E-state index contributed by atoms with van der Waals surface area (Å²) in [6.07, 6.45) is 3.56. The predicted molar refractivity (Wildman–Crippen MR) is 155 cm³/mol. The van der Waals surface area contributed by atoms with Crippen molar-refractivity contribution in [3.63, 3.8) is 0 Å². The highest BCUT2D eigenvalue weighted by atomic mass is 32.2. The number of hydrogen-bond donors (Lipinski definition) is 3. The molecule has 2 bridgehead atoms. The molecule has 3 aliphatic rings. The van der Waals surface area contributed by atoms with E-state index in [0.29, 0.717) is 49.5 Å². The molecular weight excluding hydrogens is 530 g/mol. The first kappa shape index (κ1) is 28.3. The summed E-state index contributed by atoms with van der Waals surface area (Å²) in [5.74, 6) is -0.213. The molecule has 3 amide bonds. The molecule has 2 aromatic carbocycles. The molecule has 214 valence electrons. The summed E-state index contributed by atoms with van der Waals surface area (Å²) in [7, 11) is 1.59. The molecule has 3 aliphatic heterocycles. The van der Waals surface area contributed by atoms with E-state index >= 15 is 0 Å². The Morgan fingerprint density at radius 3 is 2.27 bits per heavy atom. The van der Waals surface area contributed by atoms with Crippen LogP contribution in [0.15, 0.2) is 48.5 Å². The van der Waals surface area contributed by atoms with Gasteiger partial charge in [0.2, 0.25) is 17.7 Å². The van der Waals surface area contributed by atoms with Crippen LogP contribution in [0.3, 0.4) is 0 Å². The lowest BCUT2D eigenvalue weighted by atomic mass is 9.70. The van der Waals surface area contributed by atoms with Gasteiger partial charge in [-0.1, -0.05) is 0 Å². The fourth-order valence-corrected chi connectivity index (χ4v) is 8.70. The van der Waals surface area contributed by atoms with E-state index in [4.69, 9.17) is 9.47 Å². The highest BCUT2D eigenvalue weighted by Gasteiger charge is 2.73. The van der Waals surface area contributed by atoms with Crippen molar-refractivity contribution < 1.29 is 29.0 Å². The Morgan fingerprint density at radius 2 is 1.65 bits per heavy atom. The zero-order chi connectivity index (χ0) is 28.3. The molecule has 40 heavy (non-hydrogen) atoms. The highest BCUT2D eigenvalue weighted by molar-refractivity contribution is 8.02. The number of methoxy groups -OCH3 is 1. The molecule has 3 saturated heterocycles. The fraction of sp³-hybridized carbons (Fsp3) is 0.500. The molecule has 0 saturated carbocycles. The lowest BCUT2D eigenvalue weighted by Gasteiger charge is -2.34. The number of nitrogens with one attached hydrogen (secondary N) is 2. The van der Waals surface area contributed by atoms with Crippen molar-refractivity contribution in [2.45, 2.75) is 55.1 Å². The minimum Gasteiger partial charge on any atom is -0.497 e. The maximum absolute atomic E-state index is 14.0. The summed E-state index contributed by atoms with van der Waals surface area (Å²) in [4.78, 5) is 43.3. The van der Waals surface area contributed by atoms with Gasteiger partial charge < -0.3 is 30.1 Å². The van der Waals surface area contributed by atoms with Crippen LogP contribution in [0.2, 0.25) is 0 Å². The molecule has 0 aromatic heterocycles. The number of ether oxygens (including phenoxy) is 2. The number of benzene rings is 2. The number of likely N-dealkylation sites (tertiary alicyclic amines) is 1. The van der Waals surface area contributed by atoms with Crippen LogP contribution in [0, 0.1) is 11.8 Å². The molecule has 5 rings (SSSR count). The Balaban J connectivity index is 1.39. The van der Waals surface area contributed by atoms with Gasteiger partial charge in [-0.05, 0) is 87.6 Å². The third-order valence-corrected chi connectivity index (χ3v) is 10.2. The number of carbonyl (C=O) groups excluding carboxylic acids is 3. The molecular formula is C30H37N3O6S. The number of aliphatic hydroxyl groups excluding tert-OH is 1. The van der Waals surface area contributed by atoms with Gasteiger partial charge in [0, 0.05) is 29.8 Å². The zero-order valence-corrected chi connectivity index (χ0v) is 23.7. The van der Waals surface area contributed by atoms with E-state index in [1.165, 1.54) is 0 Å². The quantitative estimate of drug-likeness (QED) is 0.333. The molecule has 3 fully saturated rings. The molecule has 10 heteroatoms. The van der Waals surface area contributed by atoms with Crippen molar-refractivity contribution in [1.29, 1.82) is 0 Å². The van der Waals surface area contributed by atoms with Gasteiger partial charge >= 0.3 is 0 Å². The normalized spacial score (nSPS) is 26.5. The minimum atomic E-state index is -0.681. The van der Waals surface area contributed by atoms with E-state index < -0.39 is 22.6 Å². The monoisotopic (exact) mass is 567 g/mol. The van der Waals surface area contributed by atoms with Crippen LogP contribution in [0.5, 0.6) is 11.5 Å². The zero-order valence-electron chi connectivity index (χ0n) is 22.9. The highest BCUT2D eigenvalue weighted by Crippen LogP contribution is 2.66. The van der Waals surface area contributed by atoms with E-state index in [0.717, 1.165) is 18.6 Å². The van der Waals surface area contributed by atoms with Gasteiger partial charge in [-0.2, -0.15) is 0 Å². The number of unbranched alkanes of at least 4 members (excludes halogenated alkanes) is 2. The van der Waals surface area contributed by atoms with E-state index in [2.05, 4.69) is 10.6 Å². The first-order valence-electron chi connectivity index (χ1n) is 14.0. The molecule has 3 N–H and O–H groups in total. The Morgan fingerprint density at radius 1 is 1.00 bits per heavy atom. The lowest BCUT2D eigenvalue weighted by Crippen LogP contribution is -2.51. The maximum Gasteiger partial charge on any atom is 0.248 e. The molecule has 2 aromatic rings. The number of nitrogens with zero attached hydrogens (tertiary/aromatic N) is 1. The summed E-state index contributed by atoms with van der Waals surface area (Å²) >= 11 is 1.65. The third-order valence-electron chi connectivity index (χ3n) is 8.20. The van der Waals surface area contributed by atoms with Gasteiger partial charge in [0.15, 0.2) is 0 Å². The van der Waals surface area contributed by atoms with E-state index in [-0.39, 0.29) is 29.6 Å². The number of amides is 3. The first-order valence-corrected chi connectivity index (χ1v) is 14.9. The minimum absolute atomic E-state index is 0.0236. The van der Waals surface area contributed by atoms with Crippen LogP contribution in [-0.2, 0) is 14.4 Å². The molecule has 5 atom stereocenters. The van der Waals surface area contributed by atoms with E-state index in [1.807, 2.05) is 19.1 Å². The van der Waals surface area contributed by atoms with Crippen LogP contribution >= 0.6 is 11.8 Å². The summed E-state index contributed by atoms with van der Waals surface area (Å²) in [6.45, 7) is 2.98. The molecule has 1 spiro atoms. The van der Waals surface area contributed by atoms with E-state index in [1.54, 1.807) is 60.2 Å². The van der Waals surface area contributed by atoms with Crippen molar-refractivity contribution in [3.05, 3.63) is 48.5 Å². The van der Waals surface area contributed by atoms with Crippen LogP contribution in [0.25, 0.3) is 0 Å². The number of anilines is 2. The lowest BCUT2D eigenvalue weighted by molar-refractivity contribution is -0.138. The SMILES string of the molecule is CCOc1ccc(NC(=O)[C@@H]2[C@H]3C(=O)N(CCCCCO)C(C(=O)Nc4ccc(OC)cc4)C34CC[C@H]2S4)cc1. The van der Waals surface area contributed by atoms with Crippen LogP contribution in [0.4, 0.5) is 11.4 Å². The molecule has 0 aliphatic carbocycles. The van der Waals surface area contributed by atoms with E-state index in [9.17, 15) is 19.5 Å². The van der Waals surface area contributed by atoms with Crippen molar-refractivity contribution in [2.75, 3.05) is 37.5 Å². The van der Waals surface area contributed by atoms with Gasteiger partial charge in [-0.3, -0.25) is 14.4 Å². The first-order chi connectivity index (χ1) is 19.4. The number of fused-ring (bicyclic) bond motifs is 1. The Bertz CT molecular complexity index is 1220. The average molecular weight is 568 g/mol. The summed E-state index contributed by atoms with van der Waals surface area (Å²) in [5.41, 5.74) is 1.27. The number of carbonyl (C=O) groups is 3.